The topological polar surface area (TPSA) is 9.23 Å². The summed E-state index contributed by atoms with van der Waals surface area (Å²) in [4.78, 5) is 0. The Morgan fingerprint density at radius 1 is 1.00 bits per heavy atom. The van der Waals surface area contributed by atoms with Crippen molar-refractivity contribution in [3.63, 3.8) is 0 Å². The molecule has 0 amide bonds. The molecule has 1 aliphatic heterocycles. The van der Waals surface area contributed by atoms with Crippen LogP contribution in [0, 0.1) is 0 Å². The van der Waals surface area contributed by atoms with Gasteiger partial charge in [0.1, 0.15) is 0 Å². The monoisotopic (exact) mass is 111 g/mol. The van der Waals surface area contributed by atoms with Gasteiger partial charge in [-0.05, 0) is 12.8 Å². The van der Waals surface area contributed by atoms with E-state index in [1.165, 1.54) is 12.8 Å². The van der Waals surface area contributed by atoms with Gasteiger partial charge < -0.3 is 4.74 Å². The molecule has 0 aliphatic carbocycles. The van der Waals surface area contributed by atoms with Crippen LogP contribution < -0.4 is 51.4 Å². The van der Waals surface area contributed by atoms with E-state index in [1.54, 1.807) is 0 Å². The molecule has 1 aliphatic rings. The molecule has 1 rings (SSSR count). The van der Waals surface area contributed by atoms with Crippen LogP contribution >= 0.6 is 0 Å². The largest absolute Gasteiger partial charge is 1.00 e. The van der Waals surface area contributed by atoms with Crippen LogP contribution in [0.25, 0.3) is 0 Å². The SMILES string of the molecule is C1CCOC1.[K+]. The quantitative estimate of drug-likeness (QED) is 0.322. The molecule has 0 spiro atoms. The Morgan fingerprint density at radius 2 is 1.50 bits per heavy atom. The third-order valence-electron chi connectivity index (χ3n) is 0.827. The summed E-state index contributed by atoms with van der Waals surface area (Å²) in [5.74, 6) is 0. The normalized spacial score (nSPS) is 20.0. The van der Waals surface area contributed by atoms with Crippen LogP contribution in [-0.4, -0.2) is 13.2 Å². The molecule has 0 bridgehead atoms. The van der Waals surface area contributed by atoms with E-state index >= 15 is 0 Å². The molecular formula is C4H8KO+. The fraction of sp³-hybridized carbons (Fsp3) is 1.00. The van der Waals surface area contributed by atoms with Crippen LogP contribution in [0.15, 0.2) is 0 Å². The molecule has 0 aromatic heterocycles. The van der Waals surface area contributed by atoms with E-state index in [2.05, 4.69) is 0 Å². The van der Waals surface area contributed by atoms with Crippen LogP contribution in [-0.2, 0) is 4.74 Å². The van der Waals surface area contributed by atoms with Crippen molar-refractivity contribution in [1.82, 2.24) is 0 Å². The molecule has 1 fully saturated rings. The van der Waals surface area contributed by atoms with Crippen LogP contribution in [0.5, 0.6) is 0 Å². The van der Waals surface area contributed by atoms with Crippen molar-refractivity contribution in [2.75, 3.05) is 13.2 Å². The molecule has 0 N–H and O–H groups in total. The smallest absolute Gasteiger partial charge is 0.381 e. The van der Waals surface area contributed by atoms with E-state index in [0.29, 0.717) is 0 Å². The Bertz CT molecular complexity index is 19.1. The van der Waals surface area contributed by atoms with E-state index in [9.17, 15) is 0 Å². The maximum Gasteiger partial charge on any atom is 1.00 e. The average molecular weight is 111 g/mol. The first-order chi connectivity index (χ1) is 2.50. The van der Waals surface area contributed by atoms with Crippen molar-refractivity contribution in [2.24, 2.45) is 0 Å². The molecule has 2 heteroatoms. The van der Waals surface area contributed by atoms with Crippen LogP contribution in [0.4, 0.5) is 0 Å². The first kappa shape index (κ1) is 7.60. The average Bonchev–Trinajstić information content (AvgIpc) is 1.76. The molecule has 1 nitrogen and oxygen atoms in total. The van der Waals surface area contributed by atoms with Crippen molar-refractivity contribution in [3.8, 4) is 0 Å². The van der Waals surface area contributed by atoms with Crippen LogP contribution in [0.2, 0.25) is 0 Å². The first-order valence-electron chi connectivity index (χ1n) is 2.08. The van der Waals surface area contributed by atoms with Gasteiger partial charge in [0.15, 0.2) is 0 Å². The van der Waals surface area contributed by atoms with E-state index in [4.69, 9.17) is 4.74 Å². The van der Waals surface area contributed by atoms with Crippen molar-refractivity contribution < 1.29 is 56.1 Å². The van der Waals surface area contributed by atoms with Gasteiger partial charge in [0, 0.05) is 13.2 Å². The van der Waals surface area contributed by atoms with Gasteiger partial charge in [-0.2, -0.15) is 0 Å². The second kappa shape index (κ2) is 4.75. The Morgan fingerprint density at radius 3 is 1.67 bits per heavy atom. The van der Waals surface area contributed by atoms with Gasteiger partial charge in [-0.3, -0.25) is 0 Å². The summed E-state index contributed by atoms with van der Waals surface area (Å²) in [6.07, 6.45) is 2.56. The number of hydrogen-bond acceptors (Lipinski definition) is 1. The minimum atomic E-state index is 0. The second-order valence-electron chi connectivity index (χ2n) is 1.32. The Balaban J connectivity index is 0.000000250. The third-order valence-corrected chi connectivity index (χ3v) is 0.827. The number of ether oxygens (including phenoxy) is 1. The summed E-state index contributed by atoms with van der Waals surface area (Å²) in [7, 11) is 0. The molecule has 0 aromatic carbocycles. The minimum Gasteiger partial charge on any atom is -0.381 e. The molecule has 0 unspecified atom stereocenters. The molecule has 0 saturated carbocycles. The standard InChI is InChI=1S/C4H8O.K/c1-2-4-5-3-1;/h1-4H2;/q;+1. The zero-order valence-corrected chi connectivity index (χ0v) is 7.36. The summed E-state index contributed by atoms with van der Waals surface area (Å²) in [5, 5.41) is 0. The van der Waals surface area contributed by atoms with Gasteiger partial charge in [0.05, 0.1) is 0 Å². The first-order valence-corrected chi connectivity index (χ1v) is 2.08. The van der Waals surface area contributed by atoms with E-state index in [0.717, 1.165) is 13.2 Å². The molecule has 30 valence electrons. The van der Waals surface area contributed by atoms with E-state index < -0.39 is 0 Å². The molecular weight excluding hydrogens is 103 g/mol. The van der Waals surface area contributed by atoms with Crippen molar-refractivity contribution in [3.05, 3.63) is 0 Å². The molecule has 0 atom stereocenters. The van der Waals surface area contributed by atoms with Gasteiger partial charge in [-0.1, -0.05) is 0 Å². The van der Waals surface area contributed by atoms with Gasteiger partial charge in [-0.15, -0.1) is 0 Å². The van der Waals surface area contributed by atoms with Crippen molar-refractivity contribution >= 4 is 0 Å². The summed E-state index contributed by atoms with van der Waals surface area (Å²) in [6.45, 7) is 2.00. The second-order valence-corrected chi connectivity index (χ2v) is 1.32. The van der Waals surface area contributed by atoms with E-state index in [1.807, 2.05) is 0 Å². The maximum absolute atomic E-state index is 4.94. The minimum absolute atomic E-state index is 0. The molecule has 6 heavy (non-hydrogen) atoms. The van der Waals surface area contributed by atoms with Gasteiger partial charge >= 0.3 is 51.4 Å². The maximum atomic E-state index is 4.94. The zero-order valence-electron chi connectivity index (χ0n) is 4.24. The summed E-state index contributed by atoms with van der Waals surface area (Å²) < 4.78 is 4.94. The molecule has 1 heterocycles. The van der Waals surface area contributed by atoms with Gasteiger partial charge in [0.25, 0.3) is 0 Å². The fourth-order valence-electron chi connectivity index (χ4n) is 0.510. The van der Waals surface area contributed by atoms with Gasteiger partial charge in [-0.25, -0.2) is 0 Å². The summed E-state index contributed by atoms with van der Waals surface area (Å²) in [6, 6.07) is 0. The molecule has 0 aromatic rings. The predicted octanol–water partition coefficient (Wildman–Crippen LogP) is -2.20. The number of hydrogen-bond donors (Lipinski definition) is 0. The predicted molar refractivity (Wildman–Crippen MR) is 20.1 cm³/mol. The Hall–Kier alpha value is 1.60. The van der Waals surface area contributed by atoms with Crippen molar-refractivity contribution in [1.29, 1.82) is 0 Å². The third kappa shape index (κ3) is 2.72. The van der Waals surface area contributed by atoms with Crippen molar-refractivity contribution in [2.45, 2.75) is 12.8 Å². The van der Waals surface area contributed by atoms with Gasteiger partial charge in [0.2, 0.25) is 0 Å². The summed E-state index contributed by atoms with van der Waals surface area (Å²) >= 11 is 0. The Kier molecular flexibility index (Phi) is 6.01. The Labute approximate surface area is 80.9 Å². The van der Waals surface area contributed by atoms with Crippen LogP contribution in [0.3, 0.4) is 0 Å². The number of rotatable bonds is 0. The fourth-order valence-corrected chi connectivity index (χ4v) is 0.510. The van der Waals surface area contributed by atoms with Crippen LogP contribution in [0.1, 0.15) is 12.8 Å². The zero-order chi connectivity index (χ0) is 3.54. The van der Waals surface area contributed by atoms with E-state index in [-0.39, 0.29) is 51.4 Å². The molecule has 0 radical (unpaired) electrons. The summed E-state index contributed by atoms with van der Waals surface area (Å²) in [5.41, 5.74) is 0. The molecule has 1 saturated heterocycles.